The Kier molecular flexibility index (Phi) is 3.42. The van der Waals surface area contributed by atoms with Gasteiger partial charge in [0.2, 0.25) is 0 Å². The number of nitro groups is 1. The van der Waals surface area contributed by atoms with Crippen molar-refractivity contribution >= 4 is 22.3 Å². The van der Waals surface area contributed by atoms with Crippen LogP contribution in [0.2, 0.25) is 0 Å². The van der Waals surface area contributed by atoms with Gasteiger partial charge in [0.25, 0.3) is 5.69 Å². The molecule has 0 aliphatic carbocycles. The molecule has 15 heavy (non-hydrogen) atoms. The number of hydrogen-bond acceptors (Lipinski definition) is 3. The first-order valence-electron chi connectivity index (χ1n) is 4.07. The molecule has 0 heterocycles. The second-order valence-corrected chi connectivity index (χ2v) is 3.23. The number of allylic oxidation sites excluding steroid dienone is 1. The first-order valence-corrected chi connectivity index (χ1v) is 4.45. The fraction of sp³-hybridized carbons (Fsp3) is 0.100. The topological polar surface area (TPSA) is 66.9 Å². The highest BCUT2D eigenvalue weighted by Crippen LogP contribution is 2.24. The molecule has 1 rings (SSSR count). The summed E-state index contributed by atoms with van der Waals surface area (Å²) in [6.45, 7) is 1.59. The standard InChI is InChI=1S/C10H7ClN2O2/c1-7(6-12)10(11)8-2-4-9(5-3-8)13(14)15/h2-5H,1H3/b10-7-. The zero-order chi connectivity index (χ0) is 11.4. The molecule has 0 spiro atoms. The van der Waals surface area contributed by atoms with Crippen LogP contribution in [0.3, 0.4) is 0 Å². The third kappa shape index (κ3) is 2.55. The van der Waals surface area contributed by atoms with E-state index in [1.807, 2.05) is 6.07 Å². The number of halogens is 1. The van der Waals surface area contributed by atoms with Gasteiger partial charge in [-0.3, -0.25) is 10.1 Å². The first-order chi connectivity index (χ1) is 7.06. The van der Waals surface area contributed by atoms with E-state index in [1.165, 1.54) is 24.3 Å². The summed E-state index contributed by atoms with van der Waals surface area (Å²) >= 11 is 5.88. The Hall–Kier alpha value is -1.86. The van der Waals surface area contributed by atoms with Crippen LogP contribution in [0.25, 0.3) is 5.03 Å². The Morgan fingerprint density at radius 2 is 2.00 bits per heavy atom. The monoisotopic (exact) mass is 222 g/mol. The van der Waals surface area contributed by atoms with Gasteiger partial charge in [-0.25, -0.2) is 0 Å². The zero-order valence-electron chi connectivity index (χ0n) is 7.90. The van der Waals surface area contributed by atoms with Gasteiger partial charge >= 0.3 is 0 Å². The fourth-order valence-electron chi connectivity index (χ4n) is 0.995. The molecule has 0 N–H and O–H groups in total. The molecule has 0 aromatic heterocycles. The SMILES string of the molecule is C/C(C#N)=C(/Cl)c1ccc([N+](=O)[O-])cc1. The molecule has 1 aromatic rings. The van der Waals surface area contributed by atoms with Gasteiger partial charge in [-0.2, -0.15) is 5.26 Å². The van der Waals surface area contributed by atoms with E-state index in [2.05, 4.69) is 0 Å². The average molecular weight is 223 g/mol. The maximum Gasteiger partial charge on any atom is 0.269 e. The van der Waals surface area contributed by atoms with Crippen molar-refractivity contribution < 1.29 is 4.92 Å². The van der Waals surface area contributed by atoms with Gasteiger partial charge in [0.15, 0.2) is 0 Å². The molecule has 0 bridgehead atoms. The molecule has 0 amide bonds. The molecule has 4 nitrogen and oxygen atoms in total. The summed E-state index contributed by atoms with van der Waals surface area (Å²) in [5.41, 5.74) is 0.977. The largest absolute Gasteiger partial charge is 0.269 e. The van der Waals surface area contributed by atoms with Crippen molar-refractivity contribution in [3.05, 3.63) is 45.5 Å². The van der Waals surface area contributed by atoms with Crippen LogP contribution >= 0.6 is 11.6 Å². The molecule has 0 unspecified atom stereocenters. The van der Waals surface area contributed by atoms with E-state index in [4.69, 9.17) is 16.9 Å². The van der Waals surface area contributed by atoms with E-state index in [0.29, 0.717) is 16.2 Å². The van der Waals surface area contributed by atoms with Crippen molar-refractivity contribution in [2.75, 3.05) is 0 Å². The second-order valence-electron chi connectivity index (χ2n) is 2.85. The highest BCUT2D eigenvalue weighted by Gasteiger charge is 2.07. The predicted molar refractivity (Wildman–Crippen MR) is 57.2 cm³/mol. The van der Waals surface area contributed by atoms with Crippen molar-refractivity contribution in [3.8, 4) is 6.07 Å². The lowest BCUT2D eigenvalue weighted by atomic mass is 10.1. The summed E-state index contributed by atoms with van der Waals surface area (Å²) in [4.78, 5) is 9.89. The van der Waals surface area contributed by atoms with Crippen molar-refractivity contribution in [2.24, 2.45) is 0 Å². The fourth-order valence-corrected chi connectivity index (χ4v) is 1.16. The molecule has 0 aliphatic rings. The Balaban J connectivity index is 3.11. The maximum absolute atomic E-state index is 10.4. The molecule has 5 heteroatoms. The minimum atomic E-state index is -0.488. The van der Waals surface area contributed by atoms with E-state index >= 15 is 0 Å². The van der Waals surface area contributed by atoms with E-state index in [0.717, 1.165) is 0 Å². The van der Waals surface area contributed by atoms with Gasteiger partial charge in [-0.1, -0.05) is 11.6 Å². The smallest absolute Gasteiger partial charge is 0.258 e. The van der Waals surface area contributed by atoms with Crippen LogP contribution in [-0.4, -0.2) is 4.92 Å². The Bertz CT molecular complexity index is 457. The predicted octanol–water partition coefficient (Wildman–Crippen LogP) is 3.09. The summed E-state index contributed by atoms with van der Waals surface area (Å²) in [6, 6.07) is 7.64. The number of non-ortho nitro benzene ring substituents is 1. The summed E-state index contributed by atoms with van der Waals surface area (Å²) in [5, 5.41) is 19.3. The first kappa shape index (κ1) is 11.2. The lowest BCUT2D eigenvalue weighted by Gasteiger charge is -1.99. The highest BCUT2D eigenvalue weighted by atomic mass is 35.5. The van der Waals surface area contributed by atoms with Gasteiger partial charge in [-0.05, 0) is 24.6 Å². The van der Waals surface area contributed by atoms with Gasteiger partial charge in [0.05, 0.1) is 16.0 Å². The van der Waals surface area contributed by atoms with Gasteiger partial charge in [0.1, 0.15) is 0 Å². The molecule has 0 fully saturated rings. The number of nitriles is 1. The van der Waals surface area contributed by atoms with Gasteiger partial charge in [0, 0.05) is 17.7 Å². The number of nitro benzene ring substituents is 1. The van der Waals surface area contributed by atoms with Gasteiger partial charge in [-0.15, -0.1) is 0 Å². The number of benzene rings is 1. The van der Waals surface area contributed by atoms with E-state index < -0.39 is 4.92 Å². The molecule has 1 aromatic carbocycles. The average Bonchev–Trinajstić information content (AvgIpc) is 2.27. The molecule has 0 saturated heterocycles. The minimum absolute atomic E-state index is 0.00201. The molecule has 76 valence electrons. The molecule has 0 atom stereocenters. The van der Waals surface area contributed by atoms with Gasteiger partial charge < -0.3 is 0 Å². The summed E-state index contributed by atoms with van der Waals surface area (Å²) in [7, 11) is 0. The van der Waals surface area contributed by atoms with Crippen molar-refractivity contribution in [1.82, 2.24) is 0 Å². The normalized spacial score (nSPS) is 11.5. The number of nitrogens with zero attached hydrogens (tertiary/aromatic N) is 2. The van der Waals surface area contributed by atoms with E-state index in [-0.39, 0.29) is 5.69 Å². The number of rotatable bonds is 2. The molecule has 0 aliphatic heterocycles. The van der Waals surface area contributed by atoms with E-state index in [9.17, 15) is 10.1 Å². The van der Waals surface area contributed by atoms with E-state index in [1.54, 1.807) is 6.92 Å². The zero-order valence-corrected chi connectivity index (χ0v) is 8.65. The molecular formula is C10H7ClN2O2. The number of hydrogen-bond donors (Lipinski definition) is 0. The van der Waals surface area contributed by atoms with Crippen molar-refractivity contribution in [3.63, 3.8) is 0 Å². The third-order valence-corrected chi connectivity index (χ3v) is 2.33. The van der Waals surface area contributed by atoms with Crippen LogP contribution in [0.4, 0.5) is 5.69 Å². The summed E-state index contributed by atoms with van der Waals surface area (Å²) < 4.78 is 0. The third-order valence-electron chi connectivity index (χ3n) is 1.83. The van der Waals surface area contributed by atoms with Crippen molar-refractivity contribution in [2.45, 2.75) is 6.92 Å². The Morgan fingerprint density at radius 1 is 1.47 bits per heavy atom. The quantitative estimate of drug-likeness (QED) is 0.439. The molecule has 0 radical (unpaired) electrons. The van der Waals surface area contributed by atoms with Crippen molar-refractivity contribution in [1.29, 1.82) is 5.26 Å². The lowest BCUT2D eigenvalue weighted by molar-refractivity contribution is -0.384. The molecular weight excluding hydrogens is 216 g/mol. The van der Waals surface area contributed by atoms with Crippen LogP contribution in [0, 0.1) is 21.4 Å². The summed E-state index contributed by atoms with van der Waals surface area (Å²) in [6.07, 6.45) is 0. The highest BCUT2D eigenvalue weighted by molar-refractivity contribution is 6.49. The maximum atomic E-state index is 10.4. The van der Waals surface area contributed by atoms with Crippen LogP contribution in [0.1, 0.15) is 12.5 Å². The lowest BCUT2D eigenvalue weighted by Crippen LogP contribution is -1.88. The van der Waals surface area contributed by atoms with Crippen LogP contribution in [-0.2, 0) is 0 Å². The molecule has 0 saturated carbocycles. The Morgan fingerprint density at radius 3 is 2.40 bits per heavy atom. The Labute approximate surface area is 91.6 Å². The van der Waals surface area contributed by atoms with Crippen LogP contribution in [0.15, 0.2) is 29.8 Å². The second kappa shape index (κ2) is 4.58. The minimum Gasteiger partial charge on any atom is -0.258 e. The van der Waals surface area contributed by atoms with Crippen LogP contribution in [0.5, 0.6) is 0 Å². The van der Waals surface area contributed by atoms with Crippen LogP contribution < -0.4 is 0 Å². The summed E-state index contributed by atoms with van der Waals surface area (Å²) in [5.74, 6) is 0.